The fraction of sp³-hybridized carbons (Fsp3) is 0.500. The summed E-state index contributed by atoms with van der Waals surface area (Å²) in [5.41, 5.74) is 4.02. The number of urea groups is 1. The Morgan fingerprint density at radius 1 is 1.17 bits per heavy atom. The molecule has 2 aromatic rings. The number of likely N-dealkylation sites (tertiary alicyclic amines) is 1. The number of aromatic nitrogens is 1. The molecule has 2 aliphatic heterocycles. The van der Waals surface area contributed by atoms with E-state index >= 15 is 0 Å². The molecular formula is C24H32N4O2. The summed E-state index contributed by atoms with van der Waals surface area (Å²) in [4.78, 5) is 20.9. The minimum absolute atomic E-state index is 0.0579. The number of nitrogens with one attached hydrogen (secondary N) is 1. The van der Waals surface area contributed by atoms with Crippen LogP contribution in [0.1, 0.15) is 29.5 Å². The van der Waals surface area contributed by atoms with Crippen LogP contribution in [0.15, 0.2) is 48.8 Å². The van der Waals surface area contributed by atoms with E-state index in [4.69, 9.17) is 0 Å². The summed E-state index contributed by atoms with van der Waals surface area (Å²) in [7, 11) is 0. The molecule has 0 saturated carbocycles. The zero-order valence-electron chi connectivity index (χ0n) is 17.5. The number of benzene rings is 1. The molecule has 30 heavy (non-hydrogen) atoms. The molecule has 2 aliphatic rings. The molecule has 2 atom stereocenters. The van der Waals surface area contributed by atoms with Gasteiger partial charge in [-0.1, -0.05) is 24.3 Å². The first-order chi connectivity index (χ1) is 14.7. The number of rotatable bonds is 6. The molecular weight excluding hydrogens is 376 g/mol. The van der Waals surface area contributed by atoms with Crippen molar-refractivity contribution in [2.45, 2.75) is 38.3 Å². The standard InChI is InChI=1S/C24H32N4O2/c29-23(18-27-13-9-21-5-1-2-6-22(21)17-27)15-26-24(30)28-12-3-4-20(16-28)14-19-7-10-25-11-8-19/h1-2,5-8,10-11,20,23,29H,3-4,9,12-18H2,(H,26,30). The molecule has 0 spiro atoms. The number of pyridine rings is 1. The van der Waals surface area contributed by atoms with Crippen molar-refractivity contribution >= 4 is 6.03 Å². The largest absolute Gasteiger partial charge is 0.390 e. The third-order valence-electron chi connectivity index (χ3n) is 6.25. The Morgan fingerprint density at radius 3 is 2.80 bits per heavy atom. The average molecular weight is 409 g/mol. The first kappa shape index (κ1) is 20.8. The average Bonchev–Trinajstić information content (AvgIpc) is 2.78. The highest BCUT2D eigenvalue weighted by atomic mass is 16.3. The van der Waals surface area contributed by atoms with Crippen molar-refractivity contribution in [3.05, 3.63) is 65.5 Å². The second-order valence-corrected chi connectivity index (χ2v) is 8.61. The maximum Gasteiger partial charge on any atom is 0.317 e. The van der Waals surface area contributed by atoms with Gasteiger partial charge in [0.25, 0.3) is 0 Å². The summed E-state index contributed by atoms with van der Waals surface area (Å²) in [6.45, 7) is 4.25. The molecule has 2 unspecified atom stereocenters. The van der Waals surface area contributed by atoms with Crippen LogP contribution < -0.4 is 5.32 Å². The maximum absolute atomic E-state index is 12.6. The zero-order chi connectivity index (χ0) is 20.8. The molecule has 1 aromatic heterocycles. The van der Waals surface area contributed by atoms with Gasteiger partial charge < -0.3 is 15.3 Å². The smallest absolute Gasteiger partial charge is 0.317 e. The first-order valence-corrected chi connectivity index (χ1v) is 11.1. The fourth-order valence-electron chi connectivity index (χ4n) is 4.66. The number of piperidine rings is 1. The predicted molar refractivity (Wildman–Crippen MR) is 117 cm³/mol. The van der Waals surface area contributed by atoms with Gasteiger partial charge >= 0.3 is 6.03 Å². The van der Waals surface area contributed by atoms with Crippen molar-refractivity contribution < 1.29 is 9.90 Å². The van der Waals surface area contributed by atoms with E-state index < -0.39 is 6.10 Å². The van der Waals surface area contributed by atoms with Gasteiger partial charge in [0.1, 0.15) is 0 Å². The van der Waals surface area contributed by atoms with Crippen molar-refractivity contribution in [3.63, 3.8) is 0 Å². The number of nitrogens with zero attached hydrogens (tertiary/aromatic N) is 3. The molecule has 4 rings (SSSR count). The third-order valence-corrected chi connectivity index (χ3v) is 6.25. The normalized spacial score (nSPS) is 20.4. The van der Waals surface area contributed by atoms with Crippen molar-refractivity contribution in [1.29, 1.82) is 0 Å². The van der Waals surface area contributed by atoms with Crippen LogP contribution in [-0.2, 0) is 19.4 Å². The molecule has 6 nitrogen and oxygen atoms in total. The number of carbonyl (C=O) groups excluding carboxylic acids is 1. The van der Waals surface area contributed by atoms with E-state index in [9.17, 15) is 9.90 Å². The molecule has 160 valence electrons. The predicted octanol–water partition coefficient (Wildman–Crippen LogP) is 2.46. The minimum atomic E-state index is -0.559. The second kappa shape index (κ2) is 10.0. The molecule has 0 aliphatic carbocycles. The molecule has 6 heteroatoms. The third kappa shape index (κ3) is 5.58. The monoisotopic (exact) mass is 408 g/mol. The quantitative estimate of drug-likeness (QED) is 0.771. The number of amides is 2. The topological polar surface area (TPSA) is 68.7 Å². The van der Waals surface area contributed by atoms with Gasteiger partial charge in [-0.25, -0.2) is 4.79 Å². The van der Waals surface area contributed by atoms with Gasteiger partial charge in [-0.15, -0.1) is 0 Å². The molecule has 1 saturated heterocycles. The van der Waals surface area contributed by atoms with Gasteiger partial charge in [-0.2, -0.15) is 0 Å². The highest BCUT2D eigenvalue weighted by Crippen LogP contribution is 2.21. The van der Waals surface area contributed by atoms with Gasteiger partial charge in [0, 0.05) is 51.7 Å². The van der Waals surface area contributed by atoms with E-state index in [1.807, 2.05) is 29.4 Å². The number of aliphatic hydroxyl groups is 1. The lowest BCUT2D eigenvalue weighted by molar-refractivity contribution is 0.101. The minimum Gasteiger partial charge on any atom is -0.390 e. The van der Waals surface area contributed by atoms with Gasteiger partial charge in [0.15, 0.2) is 0 Å². The summed E-state index contributed by atoms with van der Waals surface area (Å²) in [5, 5.41) is 13.4. The molecule has 1 fully saturated rings. The van der Waals surface area contributed by atoms with Crippen LogP contribution in [0.4, 0.5) is 4.79 Å². The van der Waals surface area contributed by atoms with Crippen LogP contribution in [0.3, 0.4) is 0 Å². The van der Waals surface area contributed by atoms with Crippen molar-refractivity contribution in [2.24, 2.45) is 5.92 Å². The molecule has 2 N–H and O–H groups in total. The summed E-state index contributed by atoms with van der Waals surface area (Å²) >= 11 is 0. The summed E-state index contributed by atoms with van der Waals surface area (Å²) < 4.78 is 0. The van der Waals surface area contributed by atoms with E-state index in [0.717, 1.165) is 51.9 Å². The number of aliphatic hydroxyl groups excluding tert-OH is 1. The van der Waals surface area contributed by atoms with Crippen LogP contribution >= 0.6 is 0 Å². The van der Waals surface area contributed by atoms with Crippen LogP contribution in [0.5, 0.6) is 0 Å². The zero-order valence-corrected chi connectivity index (χ0v) is 17.5. The van der Waals surface area contributed by atoms with Crippen LogP contribution in [0, 0.1) is 5.92 Å². The lowest BCUT2D eigenvalue weighted by atomic mass is 9.92. The number of hydrogen-bond acceptors (Lipinski definition) is 4. The Bertz CT molecular complexity index is 829. The van der Waals surface area contributed by atoms with Gasteiger partial charge in [0.2, 0.25) is 0 Å². The highest BCUT2D eigenvalue weighted by molar-refractivity contribution is 5.74. The molecule has 2 amide bonds. The summed E-state index contributed by atoms with van der Waals surface area (Å²) in [6.07, 6.45) is 7.25. The Morgan fingerprint density at radius 2 is 1.97 bits per heavy atom. The van der Waals surface area contributed by atoms with E-state index in [1.165, 1.54) is 16.7 Å². The van der Waals surface area contributed by atoms with Gasteiger partial charge in [0.05, 0.1) is 6.10 Å². The molecule has 0 radical (unpaired) electrons. The van der Waals surface area contributed by atoms with E-state index in [2.05, 4.69) is 39.5 Å². The van der Waals surface area contributed by atoms with Gasteiger partial charge in [-0.05, 0) is 60.4 Å². The Kier molecular flexibility index (Phi) is 6.97. The van der Waals surface area contributed by atoms with Gasteiger partial charge in [-0.3, -0.25) is 9.88 Å². The Hall–Kier alpha value is -2.44. The molecule has 3 heterocycles. The lowest BCUT2D eigenvalue weighted by Crippen LogP contribution is -2.49. The van der Waals surface area contributed by atoms with Crippen molar-refractivity contribution in [3.8, 4) is 0 Å². The number of hydrogen-bond donors (Lipinski definition) is 2. The Balaban J connectivity index is 1.20. The van der Waals surface area contributed by atoms with E-state index in [-0.39, 0.29) is 6.03 Å². The molecule has 0 bridgehead atoms. The van der Waals surface area contributed by atoms with Crippen LogP contribution in [0.2, 0.25) is 0 Å². The second-order valence-electron chi connectivity index (χ2n) is 8.61. The Labute approximate surface area is 178 Å². The van der Waals surface area contributed by atoms with Crippen molar-refractivity contribution in [2.75, 3.05) is 32.7 Å². The first-order valence-electron chi connectivity index (χ1n) is 11.1. The van der Waals surface area contributed by atoms with Crippen LogP contribution in [-0.4, -0.2) is 64.7 Å². The number of β-amino-alcohol motifs (C(OH)–C–C–N with tert-alkyl or cyclic N) is 1. The summed E-state index contributed by atoms with van der Waals surface area (Å²) in [5.74, 6) is 0.477. The molecule has 1 aromatic carbocycles. The SMILES string of the molecule is O=C(NCC(O)CN1CCc2ccccc2C1)N1CCCC(Cc2ccncc2)C1. The van der Waals surface area contributed by atoms with E-state index in [1.54, 1.807) is 0 Å². The lowest BCUT2D eigenvalue weighted by Gasteiger charge is -2.33. The van der Waals surface area contributed by atoms with E-state index in [0.29, 0.717) is 19.0 Å². The maximum atomic E-state index is 12.6. The number of fused-ring (bicyclic) bond motifs is 1. The summed E-state index contributed by atoms with van der Waals surface area (Å²) in [6, 6.07) is 12.5. The van der Waals surface area contributed by atoms with Crippen LogP contribution in [0.25, 0.3) is 0 Å². The fourth-order valence-corrected chi connectivity index (χ4v) is 4.66. The number of carbonyl (C=O) groups is 1. The highest BCUT2D eigenvalue weighted by Gasteiger charge is 2.25. The van der Waals surface area contributed by atoms with Crippen molar-refractivity contribution in [1.82, 2.24) is 20.1 Å².